The maximum atomic E-state index is 12.8. The van der Waals surface area contributed by atoms with Crippen molar-refractivity contribution in [1.29, 1.82) is 0 Å². The van der Waals surface area contributed by atoms with E-state index in [1.54, 1.807) is 12.1 Å². The second-order valence-corrected chi connectivity index (χ2v) is 19.5. The summed E-state index contributed by atoms with van der Waals surface area (Å²) in [5.41, 5.74) is 0.400. The first-order chi connectivity index (χ1) is 29.2. The summed E-state index contributed by atoms with van der Waals surface area (Å²) in [6.45, 7) is -0.0192. The largest absolute Gasteiger partial charge is 0.478 e. The number of thiophene rings is 2. The second kappa shape index (κ2) is 16.4. The summed E-state index contributed by atoms with van der Waals surface area (Å²) in [5.74, 6) is -10.3. The van der Waals surface area contributed by atoms with Gasteiger partial charge in [0, 0.05) is 22.3 Å². The standard InChI is InChI=1S/2C18H15N3O8S2/c22-14(18(26)27)20-15-13(17(24)25)10-5-8(19-6-11(10)30-15)7-21-16(23)9-3-1-2-4-12(9)31(21,28)29;22-14(18(26)27)20-15-12(17(24)25)9-5-6-19-10(13(9)30-15)7-21-16(23)8-3-1-2-4-11(8)31(21,28)29/h1-4,8,19H,5-7H2,(H,20,22)(H,24,25)(H,26,27);1-4,10,19H,5-7H2,(H,20,22)(H,24,25)(H,26,27). The molecule has 2 unspecified atom stereocenters. The smallest absolute Gasteiger partial charge is 0.394 e. The Morgan fingerprint density at radius 1 is 0.677 bits per heavy atom. The Bertz CT molecular complexity index is 2890. The van der Waals surface area contributed by atoms with Gasteiger partial charge in [-0.2, -0.15) is 0 Å². The third-order valence-electron chi connectivity index (χ3n) is 10.0. The molecular weight excluding hydrogens is 901 g/mol. The quantitative estimate of drug-likeness (QED) is 0.113. The van der Waals surface area contributed by atoms with E-state index in [4.69, 9.17) is 10.2 Å². The Kier molecular flexibility index (Phi) is 11.5. The zero-order valence-corrected chi connectivity index (χ0v) is 34.5. The molecule has 2 atom stereocenters. The van der Waals surface area contributed by atoms with Crippen molar-refractivity contribution in [3.63, 3.8) is 0 Å². The lowest BCUT2D eigenvalue weighted by Gasteiger charge is -2.27. The molecule has 2 aromatic heterocycles. The van der Waals surface area contributed by atoms with Crippen molar-refractivity contribution in [3.05, 3.63) is 91.7 Å². The highest BCUT2D eigenvalue weighted by Gasteiger charge is 2.45. The van der Waals surface area contributed by atoms with E-state index >= 15 is 0 Å². The molecule has 324 valence electrons. The number of carboxylic acid groups (broad SMARTS) is 4. The average molecular weight is 931 g/mol. The molecule has 0 radical (unpaired) electrons. The van der Waals surface area contributed by atoms with Gasteiger partial charge in [-0.15, -0.1) is 22.7 Å². The van der Waals surface area contributed by atoms with Crippen molar-refractivity contribution >= 4 is 100 Å². The fourth-order valence-electron chi connectivity index (χ4n) is 7.31. The van der Waals surface area contributed by atoms with Crippen LogP contribution >= 0.6 is 22.7 Å². The van der Waals surface area contributed by atoms with Crippen LogP contribution in [0.1, 0.15) is 68.4 Å². The van der Waals surface area contributed by atoms with Crippen molar-refractivity contribution in [2.45, 2.75) is 41.3 Å². The zero-order valence-electron chi connectivity index (χ0n) is 31.2. The second-order valence-electron chi connectivity index (χ2n) is 13.7. The first-order valence-corrected chi connectivity index (χ1v) is 22.4. The number of nitrogens with one attached hydrogen (secondary N) is 4. The molecule has 6 heterocycles. The number of aromatic carboxylic acids is 2. The number of rotatable bonds is 8. The molecule has 4 aliphatic rings. The molecule has 4 amide bonds. The van der Waals surface area contributed by atoms with Crippen LogP contribution in [0.15, 0.2) is 58.3 Å². The Balaban J connectivity index is 0.000000186. The summed E-state index contributed by atoms with van der Waals surface area (Å²) >= 11 is 1.77. The van der Waals surface area contributed by atoms with Crippen LogP contribution < -0.4 is 21.3 Å². The molecule has 0 spiro atoms. The van der Waals surface area contributed by atoms with E-state index in [1.807, 2.05) is 0 Å². The number of carboxylic acids is 4. The van der Waals surface area contributed by atoms with Gasteiger partial charge in [0.2, 0.25) is 0 Å². The number of hydrogen-bond acceptors (Lipinski definition) is 16. The molecular formula is C36H30N6O16S4. The molecule has 4 aliphatic heterocycles. The van der Waals surface area contributed by atoms with E-state index in [2.05, 4.69) is 21.3 Å². The van der Waals surface area contributed by atoms with Crippen molar-refractivity contribution in [2.75, 3.05) is 30.3 Å². The lowest BCUT2D eigenvalue weighted by Crippen LogP contribution is -2.46. The number of anilines is 2. The minimum atomic E-state index is -4.06. The van der Waals surface area contributed by atoms with Gasteiger partial charge in [0.05, 0.1) is 41.4 Å². The molecule has 0 saturated carbocycles. The fourth-order valence-corrected chi connectivity index (χ4v) is 13.0. The molecule has 4 aromatic rings. The molecule has 0 fully saturated rings. The normalized spacial score (nSPS) is 18.9. The molecule has 2 aromatic carbocycles. The lowest BCUT2D eigenvalue weighted by molar-refractivity contribution is -0.147. The number of carbonyl (C=O) groups excluding carboxylic acids is 4. The molecule has 22 nitrogen and oxygen atoms in total. The van der Waals surface area contributed by atoms with Crippen LogP contribution in [0.25, 0.3) is 0 Å². The summed E-state index contributed by atoms with van der Waals surface area (Å²) in [4.78, 5) is 94.4. The van der Waals surface area contributed by atoms with Crippen LogP contribution in [0.2, 0.25) is 0 Å². The number of nitrogens with zero attached hydrogens (tertiary/aromatic N) is 2. The fraction of sp³-hybridized carbons (Fsp3) is 0.222. The summed E-state index contributed by atoms with van der Waals surface area (Å²) < 4.78 is 52.7. The van der Waals surface area contributed by atoms with Gasteiger partial charge < -0.3 is 41.7 Å². The highest BCUT2D eigenvalue weighted by Crippen LogP contribution is 2.42. The van der Waals surface area contributed by atoms with Crippen molar-refractivity contribution < 1.29 is 75.6 Å². The number of carbonyl (C=O) groups is 8. The minimum Gasteiger partial charge on any atom is -0.478 e. The van der Waals surface area contributed by atoms with Crippen LogP contribution in [0, 0.1) is 0 Å². The maximum absolute atomic E-state index is 12.8. The predicted molar refractivity (Wildman–Crippen MR) is 213 cm³/mol. The maximum Gasteiger partial charge on any atom is 0.394 e. The van der Waals surface area contributed by atoms with Crippen LogP contribution in [-0.4, -0.2) is 119 Å². The van der Waals surface area contributed by atoms with Crippen molar-refractivity contribution in [3.8, 4) is 0 Å². The van der Waals surface area contributed by atoms with Gasteiger partial charge in [0.25, 0.3) is 31.9 Å². The summed E-state index contributed by atoms with van der Waals surface area (Å²) in [6.07, 6.45) is 0.347. The summed E-state index contributed by atoms with van der Waals surface area (Å²) in [5, 5.41) is 46.8. The van der Waals surface area contributed by atoms with Gasteiger partial charge in [0.15, 0.2) is 0 Å². The van der Waals surface area contributed by atoms with Crippen molar-refractivity contribution in [1.82, 2.24) is 19.2 Å². The first-order valence-electron chi connectivity index (χ1n) is 17.9. The van der Waals surface area contributed by atoms with E-state index in [1.165, 1.54) is 36.4 Å². The monoisotopic (exact) mass is 930 g/mol. The minimum absolute atomic E-state index is 0.0605. The molecule has 8 N–H and O–H groups in total. The Morgan fingerprint density at radius 3 is 1.66 bits per heavy atom. The Morgan fingerprint density at radius 2 is 1.16 bits per heavy atom. The molecule has 62 heavy (non-hydrogen) atoms. The van der Waals surface area contributed by atoms with Crippen LogP contribution in [-0.2, 0) is 58.6 Å². The van der Waals surface area contributed by atoms with E-state index in [0.29, 0.717) is 27.4 Å². The van der Waals surface area contributed by atoms with E-state index in [0.717, 1.165) is 31.3 Å². The van der Waals surface area contributed by atoms with Crippen LogP contribution in [0.5, 0.6) is 0 Å². The predicted octanol–water partition coefficient (Wildman–Crippen LogP) is 0.829. The molecule has 0 saturated heterocycles. The van der Waals surface area contributed by atoms with Gasteiger partial charge in [-0.3, -0.25) is 19.2 Å². The van der Waals surface area contributed by atoms with E-state index in [-0.39, 0.29) is 74.5 Å². The number of sulfonamides is 2. The topological polar surface area (TPSA) is 340 Å². The van der Waals surface area contributed by atoms with Crippen LogP contribution in [0.4, 0.5) is 10.0 Å². The van der Waals surface area contributed by atoms with Crippen molar-refractivity contribution in [2.24, 2.45) is 0 Å². The number of hydrogen-bond donors (Lipinski definition) is 8. The van der Waals surface area contributed by atoms with E-state index < -0.39 is 79.6 Å². The molecule has 0 bridgehead atoms. The summed E-state index contributed by atoms with van der Waals surface area (Å²) in [7, 11) is -8.07. The number of fused-ring (bicyclic) bond motifs is 4. The third kappa shape index (κ3) is 7.66. The lowest BCUT2D eigenvalue weighted by atomic mass is 9.98. The highest BCUT2D eigenvalue weighted by molar-refractivity contribution is 7.90. The Hall–Kier alpha value is -6.58. The van der Waals surface area contributed by atoms with Crippen LogP contribution in [0.3, 0.4) is 0 Å². The molecule has 0 aliphatic carbocycles. The number of amides is 4. The zero-order chi connectivity index (χ0) is 45.0. The molecule has 26 heteroatoms. The Labute approximate surface area is 356 Å². The third-order valence-corrected chi connectivity index (χ3v) is 16.1. The highest BCUT2D eigenvalue weighted by atomic mass is 32.2. The van der Waals surface area contributed by atoms with E-state index in [9.17, 15) is 65.4 Å². The van der Waals surface area contributed by atoms with Gasteiger partial charge in [-0.05, 0) is 54.8 Å². The molecule has 8 rings (SSSR count). The van der Waals surface area contributed by atoms with Gasteiger partial charge >= 0.3 is 35.7 Å². The number of benzene rings is 2. The van der Waals surface area contributed by atoms with Gasteiger partial charge in [-0.25, -0.2) is 44.6 Å². The number of aliphatic carboxylic acids is 2. The average Bonchev–Trinajstić information content (AvgIpc) is 3.88. The SMILES string of the molecule is O=C(O)C(=O)Nc1sc2c(c1C(=O)O)CC(CN1C(=O)c3ccccc3S1(=O)=O)NC2.O=C(O)C(=O)Nc1sc2c(c1C(=O)O)CCNC2CN1C(=O)c2ccccc2S1(=O)=O. The first kappa shape index (κ1) is 43.5. The summed E-state index contributed by atoms with van der Waals surface area (Å²) in [6, 6.07) is 10.4. The van der Waals surface area contributed by atoms with Gasteiger partial charge in [0.1, 0.15) is 19.8 Å². The van der Waals surface area contributed by atoms with Gasteiger partial charge in [-0.1, -0.05) is 24.3 Å².